The van der Waals surface area contributed by atoms with Crippen molar-refractivity contribution in [3.8, 4) is 0 Å². The molecule has 29 heavy (non-hydrogen) atoms. The van der Waals surface area contributed by atoms with E-state index in [2.05, 4.69) is 10.6 Å². The Bertz CT molecular complexity index is 1270. The first-order valence-corrected chi connectivity index (χ1v) is 10.3. The van der Waals surface area contributed by atoms with Crippen molar-refractivity contribution in [2.24, 2.45) is 0 Å². The monoisotopic (exact) mass is 398 g/mol. The predicted octanol–water partition coefficient (Wildman–Crippen LogP) is 5.29. The van der Waals surface area contributed by atoms with Crippen LogP contribution in [0.5, 0.6) is 0 Å². The van der Waals surface area contributed by atoms with Gasteiger partial charge >= 0.3 is 0 Å². The molecule has 2 N–H and O–H groups in total. The van der Waals surface area contributed by atoms with E-state index in [0.717, 1.165) is 26.8 Å². The molecule has 0 bridgehead atoms. The van der Waals surface area contributed by atoms with Crippen LogP contribution >= 0.6 is 11.3 Å². The standard InChI is InChI=1S/C24H18N2O2S/c1-14-7-2-3-8-15(14)22-21-17(23(27)26-22)10-6-11-19(21)25-24(28)18-13-29-20-12-5-4-9-16(18)20/h2-13,22H,1H3,(H,25,28)(H,26,27). The van der Waals surface area contributed by atoms with E-state index in [1.54, 1.807) is 23.5 Å². The molecule has 2 heterocycles. The van der Waals surface area contributed by atoms with Gasteiger partial charge in [-0.25, -0.2) is 0 Å². The number of carbonyl (C=O) groups excluding carboxylic acids is 2. The lowest BCUT2D eigenvalue weighted by atomic mass is 9.93. The number of hydrogen-bond acceptors (Lipinski definition) is 3. The maximum absolute atomic E-state index is 13.1. The third-order valence-electron chi connectivity index (χ3n) is 5.39. The molecular formula is C24H18N2O2S. The SMILES string of the molecule is Cc1ccccc1C1NC(=O)c2cccc(NC(=O)c3csc4ccccc34)c21. The van der Waals surface area contributed by atoms with Gasteiger partial charge in [-0.15, -0.1) is 11.3 Å². The maximum Gasteiger partial charge on any atom is 0.257 e. The van der Waals surface area contributed by atoms with Gasteiger partial charge < -0.3 is 10.6 Å². The molecule has 1 aromatic heterocycles. The number of nitrogens with one attached hydrogen (secondary N) is 2. The molecular weight excluding hydrogens is 380 g/mol. The van der Waals surface area contributed by atoms with Crippen LogP contribution in [0, 0.1) is 6.92 Å². The van der Waals surface area contributed by atoms with E-state index in [4.69, 9.17) is 0 Å². The van der Waals surface area contributed by atoms with Crippen molar-refractivity contribution >= 4 is 38.9 Å². The molecule has 4 nitrogen and oxygen atoms in total. The van der Waals surface area contributed by atoms with Crippen molar-refractivity contribution < 1.29 is 9.59 Å². The fourth-order valence-corrected chi connectivity index (χ4v) is 4.89. The summed E-state index contributed by atoms with van der Waals surface area (Å²) in [5.74, 6) is -0.288. The zero-order chi connectivity index (χ0) is 20.0. The lowest BCUT2D eigenvalue weighted by molar-refractivity contribution is 0.0959. The summed E-state index contributed by atoms with van der Waals surface area (Å²) in [5.41, 5.74) is 4.85. The quantitative estimate of drug-likeness (QED) is 0.492. The van der Waals surface area contributed by atoms with Crippen molar-refractivity contribution in [2.45, 2.75) is 13.0 Å². The number of rotatable bonds is 3. The van der Waals surface area contributed by atoms with Crippen molar-refractivity contribution in [1.82, 2.24) is 5.32 Å². The van der Waals surface area contributed by atoms with Crippen molar-refractivity contribution in [2.75, 3.05) is 5.32 Å². The number of thiophene rings is 1. The second-order valence-electron chi connectivity index (χ2n) is 7.13. The smallest absolute Gasteiger partial charge is 0.257 e. The highest BCUT2D eigenvalue weighted by Crippen LogP contribution is 2.38. The second kappa shape index (κ2) is 6.87. The normalized spacial score (nSPS) is 15.2. The van der Waals surface area contributed by atoms with Crippen LogP contribution in [0.25, 0.3) is 10.1 Å². The van der Waals surface area contributed by atoms with Crippen LogP contribution in [0.1, 0.15) is 43.4 Å². The second-order valence-corrected chi connectivity index (χ2v) is 8.04. The molecule has 0 saturated heterocycles. The number of anilines is 1. The summed E-state index contributed by atoms with van der Waals surface area (Å²) in [4.78, 5) is 25.7. The number of benzene rings is 3. The van der Waals surface area contributed by atoms with Crippen LogP contribution in [0.2, 0.25) is 0 Å². The molecule has 1 atom stereocenters. The highest BCUT2D eigenvalue weighted by Gasteiger charge is 2.33. The van der Waals surface area contributed by atoms with E-state index >= 15 is 0 Å². The van der Waals surface area contributed by atoms with Crippen LogP contribution in [-0.4, -0.2) is 11.8 Å². The highest BCUT2D eigenvalue weighted by atomic mass is 32.1. The summed E-state index contributed by atoms with van der Waals surface area (Å²) in [6.07, 6.45) is 0. The summed E-state index contributed by atoms with van der Waals surface area (Å²) in [6.45, 7) is 2.03. The number of hydrogen-bond donors (Lipinski definition) is 2. The summed E-state index contributed by atoms with van der Waals surface area (Å²) in [7, 11) is 0. The highest BCUT2D eigenvalue weighted by molar-refractivity contribution is 7.17. The number of fused-ring (bicyclic) bond motifs is 2. The number of carbonyl (C=O) groups is 2. The molecule has 0 aliphatic carbocycles. The molecule has 0 radical (unpaired) electrons. The van der Waals surface area contributed by atoms with Gasteiger partial charge in [0.05, 0.1) is 11.6 Å². The third kappa shape index (κ3) is 2.91. The summed E-state index contributed by atoms with van der Waals surface area (Å²) in [5, 5.41) is 8.94. The van der Waals surface area contributed by atoms with E-state index in [9.17, 15) is 9.59 Å². The topological polar surface area (TPSA) is 58.2 Å². The first kappa shape index (κ1) is 17.6. The van der Waals surface area contributed by atoms with Crippen molar-refractivity contribution in [1.29, 1.82) is 0 Å². The Labute approximate surface area is 172 Å². The maximum atomic E-state index is 13.1. The molecule has 2 amide bonds. The average molecular weight is 398 g/mol. The first-order chi connectivity index (χ1) is 14.1. The minimum absolute atomic E-state index is 0.120. The Balaban J connectivity index is 1.57. The summed E-state index contributed by atoms with van der Waals surface area (Å²) < 4.78 is 1.07. The molecule has 142 valence electrons. The van der Waals surface area contributed by atoms with Gasteiger partial charge in [-0.2, -0.15) is 0 Å². The van der Waals surface area contributed by atoms with E-state index in [-0.39, 0.29) is 17.9 Å². The van der Waals surface area contributed by atoms with Crippen LogP contribution in [0.15, 0.2) is 72.1 Å². The third-order valence-corrected chi connectivity index (χ3v) is 6.35. The van der Waals surface area contributed by atoms with Crippen LogP contribution in [0.3, 0.4) is 0 Å². The molecule has 0 spiro atoms. The summed E-state index contributed by atoms with van der Waals surface area (Å²) in [6, 6.07) is 21.0. The lowest BCUT2D eigenvalue weighted by Gasteiger charge is -2.18. The Morgan fingerprint density at radius 1 is 1.00 bits per heavy atom. The van der Waals surface area contributed by atoms with Crippen LogP contribution in [-0.2, 0) is 0 Å². The van der Waals surface area contributed by atoms with Crippen LogP contribution in [0.4, 0.5) is 5.69 Å². The Morgan fingerprint density at radius 3 is 2.66 bits per heavy atom. The predicted molar refractivity (Wildman–Crippen MR) is 117 cm³/mol. The minimum Gasteiger partial charge on any atom is -0.341 e. The molecule has 0 saturated carbocycles. The Hall–Kier alpha value is -3.44. The molecule has 4 aromatic rings. The van der Waals surface area contributed by atoms with Gasteiger partial charge in [0, 0.05) is 32.3 Å². The van der Waals surface area contributed by atoms with Crippen LogP contribution < -0.4 is 10.6 Å². The van der Waals surface area contributed by atoms with Gasteiger partial charge in [-0.05, 0) is 36.2 Å². The van der Waals surface area contributed by atoms with Gasteiger partial charge in [0.25, 0.3) is 11.8 Å². The van der Waals surface area contributed by atoms with E-state index in [1.807, 2.05) is 66.9 Å². The fraction of sp³-hybridized carbons (Fsp3) is 0.0833. The zero-order valence-corrected chi connectivity index (χ0v) is 16.5. The molecule has 1 aliphatic rings. The molecule has 1 unspecified atom stereocenters. The van der Waals surface area contributed by atoms with Gasteiger partial charge in [0.2, 0.25) is 0 Å². The van der Waals surface area contributed by atoms with Gasteiger partial charge in [0.15, 0.2) is 0 Å². The van der Waals surface area contributed by atoms with Crippen molar-refractivity contribution in [3.63, 3.8) is 0 Å². The van der Waals surface area contributed by atoms with Gasteiger partial charge in [0.1, 0.15) is 0 Å². The summed E-state index contributed by atoms with van der Waals surface area (Å²) >= 11 is 1.55. The Kier molecular flexibility index (Phi) is 4.18. The van der Waals surface area contributed by atoms with Crippen molar-refractivity contribution in [3.05, 3.63) is 99.9 Å². The fourth-order valence-electron chi connectivity index (χ4n) is 3.95. The first-order valence-electron chi connectivity index (χ1n) is 9.40. The minimum atomic E-state index is -0.283. The number of aryl methyl sites for hydroxylation is 1. The Morgan fingerprint density at radius 2 is 1.79 bits per heavy atom. The lowest BCUT2D eigenvalue weighted by Crippen LogP contribution is -2.21. The van der Waals surface area contributed by atoms with E-state index < -0.39 is 0 Å². The number of amides is 2. The van der Waals surface area contributed by atoms with Gasteiger partial charge in [-0.3, -0.25) is 9.59 Å². The van der Waals surface area contributed by atoms with E-state index in [0.29, 0.717) is 16.8 Å². The molecule has 3 aromatic carbocycles. The largest absolute Gasteiger partial charge is 0.341 e. The van der Waals surface area contributed by atoms with E-state index in [1.165, 1.54) is 0 Å². The molecule has 0 fully saturated rings. The van der Waals surface area contributed by atoms with Gasteiger partial charge in [-0.1, -0.05) is 48.5 Å². The average Bonchev–Trinajstić information content (AvgIpc) is 3.31. The molecule has 5 rings (SSSR count). The zero-order valence-electron chi connectivity index (χ0n) is 15.7. The molecule has 5 heteroatoms. The molecule has 1 aliphatic heterocycles.